The fourth-order valence-electron chi connectivity index (χ4n) is 2.08. The maximum Gasteiger partial charge on any atom is 0.145 e. The van der Waals surface area contributed by atoms with Crippen molar-refractivity contribution in [2.75, 3.05) is 0 Å². The second-order valence-electron chi connectivity index (χ2n) is 5.24. The second-order valence-corrected chi connectivity index (χ2v) is 5.24. The van der Waals surface area contributed by atoms with Gasteiger partial charge in [0, 0.05) is 19.2 Å². The van der Waals surface area contributed by atoms with Crippen LogP contribution in [0.1, 0.15) is 70.5 Å². The third-order valence-corrected chi connectivity index (χ3v) is 3.05. The van der Waals surface area contributed by atoms with Crippen LogP contribution in [0.3, 0.4) is 0 Å². The van der Waals surface area contributed by atoms with Crippen molar-refractivity contribution in [2.45, 2.75) is 53.4 Å². The third-order valence-electron chi connectivity index (χ3n) is 3.05. The van der Waals surface area contributed by atoms with Gasteiger partial charge in [-0.15, -0.1) is 0 Å². The molecule has 0 aromatic carbocycles. The van der Waals surface area contributed by atoms with E-state index in [0.717, 1.165) is 22.6 Å². The van der Waals surface area contributed by atoms with E-state index >= 15 is 0 Å². The number of aryl methyl sites for hydroxylation is 1. The van der Waals surface area contributed by atoms with Crippen molar-refractivity contribution in [2.24, 2.45) is 7.05 Å². The van der Waals surface area contributed by atoms with Crippen LogP contribution in [0.4, 0.5) is 0 Å². The van der Waals surface area contributed by atoms with Gasteiger partial charge in [-0.25, -0.2) is 9.97 Å². The lowest BCUT2D eigenvalue weighted by Gasteiger charge is -2.11. The molecule has 2 rings (SSSR count). The lowest BCUT2D eigenvalue weighted by Crippen LogP contribution is -2.05. The van der Waals surface area contributed by atoms with Crippen molar-refractivity contribution < 1.29 is 0 Å². The van der Waals surface area contributed by atoms with E-state index in [0.29, 0.717) is 5.56 Å². The molecule has 0 aliphatic carbocycles. The Balaban J connectivity index is 0.000000956. The fraction of sp³-hybridized carbons (Fsp3) is 0.562. The summed E-state index contributed by atoms with van der Waals surface area (Å²) in [6.45, 7) is 12.4. The predicted octanol–water partition coefficient (Wildman–Crippen LogP) is 4.11. The summed E-state index contributed by atoms with van der Waals surface area (Å²) in [5, 5.41) is 10.1. The Hall–Kier alpha value is -1.89. The van der Waals surface area contributed by atoms with Gasteiger partial charge in [-0.3, -0.25) is 0 Å². The zero-order valence-corrected chi connectivity index (χ0v) is 13.5. The summed E-state index contributed by atoms with van der Waals surface area (Å²) < 4.78 is 1.91. The largest absolute Gasteiger partial charge is 0.334 e. The molecule has 0 saturated carbocycles. The zero-order valence-electron chi connectivity index (χ0n) is 13.5. The number of hydrogen-bond donors (Lipinski definition) is 0. The molecule has 0 aliphatic rings. The molecule has 4 heteroatoms. The Morgan fingerprint density at radius 1 is 1.10 bits per heavy atom. The lowest BCUT2D eigenvalue weighted by atomic mass is 10.0. The van der Waals surface area contributed by atoms with E-state index in [2.05, 4.69) is 43.7 Å². The Labute approximate surface area is 121 Å². The van der Waals surface area contributed by atoms with Gasteiger partial charge in [0.25, 0.3) is 0 Å². The van der Waals surface area contributed by atoms with Gasteiger partial charge in [0.15, 0.2) is 0 Å². The number of nitrogens with zero attached hydrogens (tertiary/aromatic N) is 4. The van der Waals surface area contributed by atoms with E-state index in [-0.39, 0.29) is 11.8 Å². The van der Waals surface area contributed by atoms with Crippen LogP contribution in [-0.2, 0) is 7.05 Å². The van der Waals surface area contributed by atoms with Crippen LogP contribution in [0.15, 0.2) is 6.20 Å². The summed E-state index contributed by atoms with van der Waals surface area (Å²) in [6.07, 6.45) is 1.83. The highest BCUT2D eigenvalue weighted by atomic mass is 15.0. The molecule has 0 radical (unpaired) electrons. The summed E-state index contributed by atoms with van der Waals surface area (Å²) >= 11 is 0. The van der Waals surface area contributed by atoms with Crippen molar-refractivity contribution in [1.29, 1.82) is 5.26 Å². The molecule has 108 valence electrons. The number of fused-ring (bicyclic) bond motifs is 1. The molecule has 0 fully saturated rings. The average molecular weight is 272 g/mol. The summed E-state index contributed by atoms with van der Waals surface area (Å²) in [6, 6.07) is 2.23. The van der Waals surface area contributed by atoms with Crippen LogP contribution < -0.4 is 0 Å². The summed E-state index contributed by atoms with van der Waals surface area (Å²) in [4.78, 5) is 9.23. The molecule has 0 aliphatic heterocycles. The first kappa shape index (κ1) is 16.2. The van der Waals surface area contributed by atoms with Crippen LogP contribution in [0.25, 0.3) is 11.0 Å². The van der Waals surface area contributed by atoms with Crippen LogP contribution in [0.5, 0.6) is 0 Å². The molecule has 4 nitrogen and oxygen atoms in total. The van der Waals surface area contributed by atoms with Crippen molar-refractivity contribution in [3.63, 3.8) is 0 Å². The quantitative estimate of drug-likeness (QED) is 0.826. The second kappa shape index (κ2) is 6.51. The molecule has 0 unspecified atom stereocenters. The molecule has 2 heterocycles. The smallest absolute Gasteiger partial charge is 0.145 e. The fourth-order valence-corrected chi connectivity index (χ4v) is 2.08. The van der Waals surface area contributed by atoms with Gasteiger partial charge in [-0.1, -0.05) is 41.5 Å². The summed E-state index contributed by atoms with van der Waals surface area (Å²) in [5.74, 6) is 1.41. The Bertz CT molecular complexity index is 630. The van der Waals surface area contributed by atoms with E-state index < -0.39 is 0 Å². The van der Waals surface area contributed by atoms with Crippen LogP contribution in [0, 0.1) is 11.3 Å². The first-order chi connectivity index (χ1) is 9.45. The topological polar surface area (TPSA) is 54.5 Å². The molecule has 2 aromatic heterocycles. The normalized spacial score (nSPS) is 10.6. The molecule has 20 heavy (non-hydrogen) atoms. The minimum absolute atomic E-state index is 0.280. The van der Waals surface area contributed by atoms with E-state index in [9.17, 15) is 5.26 Å². The Morgan fingerprint density at radius 2 is 1.70 bits per heavy atom. The summed E-state index contributed by atoms with van der Waals surface area (Å²) in [7, 11) is 1.92. The molecule has 0 bridgehead atoms. The highest BCUT2D eigenvalue weighted by Gasteiger charge is 2.18. The molecule has 0 amide bonds. The van der Waals surface area contributed by atoms with Gasteiger partial charge < -0.3 is 4.57 Å². The number of rotatable bonds is 2. The maximum atomic E-state index is 9.21. The van der Waals surface area contributed by atoms with Crippen LogP contribution in [-0.4, -0.2) is 14.5 Å². The average Bonchev–Trinajstić information content (AvgIpc) is 2.76. The first-order valence-electron chi connectivity index (χ1n) is 7.22. The molecule has 2 aromatic rings. The van der Waals surface area contributed by atoms with Crippen molar-refractivity contribution in [3.8, 4) is 6.07 Å². The SMILES string of the molecule is CC.CC(C)c1nc(C(C)C)c2c(C#N)cn(C)c2n1. The minimum atomic E-state index is 0.280. The van der Waals surface area contributed by atoms with Crippen molar-refractivity contribution >= 4 is 11.0 Å². The van der Waals surface area contributed by atoms with Gasteiger partial charge >= 0.3 is 0 Å². The van der Waals surface area contributed by atoms with E-state index in [1.807, 2.05) is 31.7 Å². The first-order valence-corrected chi connectivity index (χ1v) is 7.22. The summed E-state index contributed by atoms with van der Waals surface area (Å²) in [5.41, 5.74) is 2.49. The molecule has 0 saturated heterocycles. The Kier molecular flexibility index (Phi) is 5.26. The maximum absolute atomic E-state index is 9.21. The van der Waals surface area contributed by atoms with E-state index in [1.165, 1.54) is 0 Å². The van der Waals surface area contributed by atoms with Gasteiger partial charge in [0.2, 0.25) is 0 Å². The molecular formula is C16H24N4. The predicted molar refractivity (Wildman–Crippen MR) is 82.8 cm³/mol. The molecule has 0 atom stereocenters. The molecule has 0 N–H and O–H groups in total. The van der Waals surface area contributed by atoms with Crippen molar-refractivity contribution in [1.82, 2.24) is 14.5 Å². The van der Waals surface area contributed by atoms with Gasteiger partial charge in [0.1, 0.15) is 17.5 Å². The number of nitriles is 1. The number of hydrogen-bond acceptors (Lipinski definition) is 3. The number of aromatic nitrogens is 3. The van der Waals surface area contributed by atoms with E-state index in [1.54, 1.807) is 0 Å². The third kappa shape index (κ3) is 2.82. The Morgan fingerprint density at radius 3 is 2.15 bits per heavy atom. The van der Waals surface area contributed by atoms with Crippen LogP contribution in [0.2, 0.25) is 0 Å². The van der Waals surface area contributed by atoms with Gasteiger partial charge in [0.05, 0.1) is 16.6 Å². The standard InChI is InChI=1S/C14H18N4.C2H6/c1-8(2)12-11-10(6-15)7-18(5)14(11)17-13(16-12)9(3)4;1-2/h7-9H,1-5H3;1-2H3. The highest BCUT2D eigenvalue weighted by molar-refractivity contribution is 5.86. The lowest BCUT2D eigenvalue weighted by molar-refractivity contribution is 0.737. The minimum Gasteiger partial charge on any atom is -0.334 e. The monoisotopic (exact) mass is 272 g/mol. The van der Waals surface area contributed by atoms with Gasteiger partial charge in [-0.05, 0) is 5.92 Å². The van der Waals surface area contributed by atoms with Crippen molar-refractivity contribution in [3.05, 3.63) is 23.3 Å². The van der Waals surface area contributed by atoms with E-state index in [4.69, 9.17) is 0 Å². The zero-order chi connectivity index (χ0) is 15.4. The van der Waals surface area contributed by atoms with Crippen LogP contribution >= 0.6 is 0 Å². The van der Waals surface area contributed by atoms with Gasteiger partial charge in [-0.2, -0.15) is 5.26 Å². The molecular weight excluding hydrogens is 248 g/mol. The molecule has 0 spiro atoms. The highest BCUT2D eigenvalue weighted by Crippen LogP contribution is 2.28.